The molecule has 2 aromatic carbocycles. The van der Waals surface area contributed by atoms with E-state index in [-0.39, 0.29) is 16.7 Å². The van der Waals surface area contributed by atoms with Crippen molar-refractivity contribution in [1.82, 2.24) is 0 Å². The van der Waals surface area contributed by atoms with E-state index in [9.17, 15) is 0 Å². The maximum absolute atomic E-state index is 6.56. The maximum Gasteiger partial charge on any atom is 0.203 e. The number of ether oxygens (including phenoxy) is 2. The number of fused-ring (bicyclic) bond motifs is 2. The molecule has 0 amide bonds. The molecule has 2 aliphatic heterocycles. The van der Waals surface area contributed by atoms with Gasteiger partial charge in [-0.15, -0.1) is 94.1 Å². The molecular formula is C27H36N2O2S9. The lowest BCUT2D eigenvalue weighted by Gasteiger charge is -2.46. The molecule has 13 heteroatoms. The molecular weight excluding hydrogens is 673 g/mol. The van der Waals surface area contributed by atoms with Gasteiger partial charge in [0.2, 0.25) is 8.53 Å². The van der Waals surface area contributed by atoms with Crippen molar-refractivity contribution in [3.8, 4) is 11.5 Å². The lowest BCUT2D eigenvalue weighted by molar-refractivity contribution is 0.218. The molecule has 40 heavy (non-hydrogen) atoms. The lowest BCUT2D eigenvalue weighted by atomic mass is 10.0. The Balaban J connectivity index is 1.58. The van der Waals surface area contributed by atoms with Gasteiger partial charge in [0.05, 0.1) is 8.16 Å². The molecule has 0 aliphatic carbocycles. The zero-order chi connectivity index (χ0) is 29.2. The van der Waals surface area contributed by atoms with Crippen LogP contribution in [0.4, 0.5) is 11.4 Å². The van der Waals surface area contributed by atoms with Crippen molar-refractivity contribution >= 4 is 123 Å². The Morgan fingerprint density at radius 3 is 1.25 bits per heavy atom. The quantitative estimate of drug-likeness (QED) is 0.182. The smallest absolute Gasteiger partial charge is 0.203 e. The van der Waals surface area contributed by atoms with Gasteiger partial charge in [-0.05, 0) is 98.7 Å². The van der Waals surface area contributed by atoms with Crippen LogP contribution in [-0.4, -0.2) is 63.7 Å². The Kier molecular flexibility index (Phi) is 11.4. The van der Waals surface area contributed by atoms with Crippen LogP contribution >= 0.6 is 106 Å². The van der Waals surface area contributed by atoms with Gasteiger partial charge >= 0.3 is 0 Å². The molecule has 0 spiro atoms. The van der Waals surface area contributed by atoms with Gasteiger partial charge in [-0.3, -0.25) is 0 Å². The minimum atomic E-state index is -0.297. The zero-order valence-corrected chi connectivity index (χ0v) is 31.2. The summed E-state index contributed by atoms with van der Waals surface area (Å²) in [7, 11) is 0. The highest BCUT2D eigenvalue weighted by Gasteiger charge is 2.50. The summed E-state index contributed by atoms with van der Waals surface area (Å²) in [6, 6.07) is 12.6. The number of anilines is 2. The highest BCUT2D eigenvalue weighted by Crippen LogP contribution is 2.62. The minimum absolute atomic E-state index is 0.105. The topological polar surface area (TPSA) is 42.5 Å². The molecule has 220 valence electrons. The largest absolute Gasteiger partial charge is 0.467 e. The first-order valence-corrected chi connectivity index (χ1v) is 22.5. The molecule has 2 aliphatic rings. The van der Waals surface area contributed by atoms with Crippen LogP contribution in [0.25, 0.3) is 0 Å². The Morgan fingerprint density at radius 2 is 0.950 bits per heavy atom. The molecule has 4 rings (SSSR count). The third-order valence-corrected chi connectivity index (χ3v) is 19.0. The third-order valence-electron chi connectivity index (χ3n) is 7.29. The first kappa shape index (κ1) is 33.4. The molecule has 0 aromatic heterocycles. The molecule has 0 saturated heterocycles. The predicted molar refractivity (Wildman–Crippen MR) is 200 cm³/mol. The summed E-state index contributed by atoms with van der Waals surface area (Å²) in [4.78, 5) is 0. The summed E-state index contributed by atoms with van der Waals surface area (Å²) in [5.74, 6) is 1.88. The first-order valence-electron chi connectivity index (χ1n) is 12.3. The third kappa shape index (κ3) is 6.34. The van der Waals surface area contributed by atoms with E-state index >= 15 is 0 Å². The van der Waals surface area contributed by atoms with Gasteiger partial charge in [-0.1, -0.05) is 0 Å². The normalized spacial score (nSPS) is 19.4. The fourth-order valence-corrected chi connectivity index (χ4v) is 13.6. The van der Waals surface area contributed by atoms with Crippen LogP contribution in [0, 0.1) is 0 Å². The van der Waals surface area contributed by atoms with E-state index < -0.39 is 0 Å². The molecule has 0 bridgehead atoms. The standard InChI is InChI=1S/C27H36N2O2S9/c1-33-24(34-2)15-26(37-5,38-6)30-21-11-9-17(13-19(21)24)28-23(32)29-18-10-12-22-20(14-18)25(35-3,36-4)16-27(31-22,39-7)40-8/h9-14H,15-16H2,1-8H3,(H2,28,29,32). The van der Waals surface area contributed by atoms with Crippen LogP contribution in [-0.2, 0) is 8.16 Å². The van der Waals surface area contributed by atoms with Gasteiger partial charge in [0.1, 0.15) is 11.5 Å². The van der Waals surface area contributed by atoms with Crippen molar-refractivity contribution in [2.24, 2.45) is 0 Å². The monoisotopic (exact) mass is 708 g/mol. The van der Waals surface area contributed by atoms with Crippen LogP contribution in [0.3, 0.4) is 0 Å². The van der Waals surface area contributed by atoms with E-state index in [1.54, 1.807) is 47.0 Å². The molecule has 2 N–H and O–H groups in total. The summed E-state index contributed by atoms with van der Waals surface area (Å²) in [6.45, 7) is 0. The van der Waals surface area contributed by atoms with Gasteiger partial charge in [0, 0.05) is 35.3 Å². The van der Waals surface area contributed by atoms with Gasteiger partial charge in [-0.2, -0.15) is 0 Å². The number of nitrogens with one attached hydrogen (secondary N) is 2. The van der Waals surface area contributed by atoms with Gasteiger partial charge in [-0.25, -0.2) is 0 Å². The zero-order valence-electron chi connectivity index (χ0n) is 23.9. The summed E-state index contributed by atoms with van der Waals surface area (Å²) in [5, 5.41) is 7.40. The van der Waals surface area contributed by atoms with E-state index in [4.69, 9.17) is 21.7 Å². The molecule has 4 nitrogen and oxygen atoms in total. The van der Waals surface area contributed by atoms with Crippen molar-refractivity contribution in [2.75, 3.05) is 60.7 Å². The number of thioether (sulfide) groups is 8. The molecule has 0 atom stereocenters. The van der Waals surface area contributed by atoms with Crippen molar-refractivity contribution in [3.63, 3.8) is 0 Å². The number of hydrogen-bond acceptors (Lipinski definition) is 11. The van der Waals surface area contributed by atoms with E-state index in [0.717, 1.165) is 35.7 Å². The Bertz CT molecular complexity index is 1120. The predicted octanol–water partition coefficient (Wildman–Crippen LogP) is 9.58. The van der Waals surface area contributed by atoms with Gasteiger partial charge in [0.15, 0.2) is 5.11 Å². The Hall–Kier alpha value is 0.530. The van der Waals surface area contributed by atoms with Crippen molar-refractivity contribution in [2.45, 2.75) is 29.5 Å². The average Bonchev–Trinajstić information content (AvgIpc) is 3.00. The molecule has 0 radical (unpaired) electrons. The van der Waals surface area contributed by atoms with Crippen LogP contribution in [0.2, 0.25) is 0 Å². The summed E-state index contributed by atoms with van der Waals surface area (Å²) < 4.78 is 12.3. The first-order chi connectivity index (χ1) is 19.1. The summed E-state index contributed by atoms with van der Waals surface area (Å²) in [5.41, 5.74) is 4.28. The fraction of sp³-hybridized carbons (Fsp3) is 0.519. The average molecular weight is 709 g/mol. The Morgan fingerprint density at radius 1 is 0.600 bits per heavy atom. The minimum Gasteiger partial charge on any atom is -0.467 e. The second-order valence-corrected chi connectivity index (χ2v) is 19.2. The maximum atomic E-state index is 6.56. The van der Waals surface area contributed by atoms with E-state index in [2.05, 4.69) is 84.9 Å². The van der Waals surface area contributed by atoms with E-state index in [0.29, 0.717) is 5.11 Å². The lowest BCUT2D eigenvalue weighted by Crippen LogP contribution is -2.40. The summed E-state index contributed by atoms with van der Waals surface area (Å²) >= 11 is 20.4. The highest BCUT2D eigenvalue weighted by molar-refractivity contribution is 8.19. The highest BCUT2D eigenvalue weighted by atomic mass is 32.2. The second kappa shape index (κ2) is 13.7. The summed E-state index contributed by atoms with van der Waals surface area (Å²) in [6.07, 6.45) is 19.1. The molecule has 2 aromatic rings. The van der Waals surface area contributed by atoms with Gasteiger partial charge < -0.3 is 20.1 Å². The Labute approximate surface area is 279 Å². The second-order valence-electron chi connectivity index (χ2n) is 9.06. The number of rotatable bonds is 10. The molecule has 2 heterocycles. The van der Waals surface area contributed by atoms with Gasteiger partial charge in [0.25, 0.3) is 0 Å². The number of hydrogen-bond donors (Lipinski definition) is 2. The van der Waals surface area contributed by atoms with Crippen LogP contribution < -0.4 is 20.1 Å². The van der Waals surface area contributed by atoms with Crippen molar-refractivity contribution in [3.05, 3.63) is 47.5 Å². The SMILES string of the molecule is CSC1(SC)CC(SC)(SC)c2cc(NC(=S)Nc3ccc4c(c3)C(SC)(SC)CC(SC)(SC)O4)ccc2O1. The molecule has 0 unspecified atom stereocenters. The molecule has 0 saturated carbocycles. The van der Waals surface area contributed by atoms with E-state index in [1.165, 1.54) is 11.1 Å². The van der Waals surface area contributed by atoms with E-state index in [1.807, 2.05) is 59.2 Å². The number of benzene rings is 2. The van der Waals surface area contributed by atoms with Crippen molar-refractivity contribution < 1.29 is 9.47 Å². The van der Waals surface area contributed by atoms with Crippen LogP contribution in [0.15, 0.2) is 36.4 Å². The van der Waals surface area contributed by atoms with Crippen molar-refractivity contribution in [1.29, 1.82) is 0 Å². The van der Waals surface area contributed by atoms with Crippen LogP contribution in [0.1, 0.15) is 24.0 Å². The fourth-order valence-electron chi connectivity index (χ4n) is 4.97. The number of thiocarbonyl (C=S) groups is 1. The molecule has 0 fully saturated rings. The van der Waals surface area contributed by atoms with Crippen LogP contribution in [0.5, 0.6) is 11.5 Å².